The second-order valence-electron chi connectivity index (χ2n) is 23.0. The fraction of sp³-hybridized carbons (Fsp3) is 1.00. The van der Waals surface area contributed by atoms with Gasteiger partial charge in [-0.3, -0.25) is 0 Å². The zero-order valence-electron chi connectivity index (χ0n) is 44.9. The quantitative estimate of drug-likeness (QED) is 0.0288. The summed E-state index contributed by atoms with van der Waals surface area (Å²) in [5, 5.41) is 72.7. The first-order chi connectivity index (χ1) is 32.3. The van der Waals surface area contributed by atoms with Crippen molar-refractivity contribution in [1.29, 1.82) is 0 Å². The lowest BCUT2D eigenvalue weighted by Gasteiger charge is -2.42. The zero-order valence-corrected chi connectivity index (χ0v) is 44.9. The average molecular weight is 977 g/mol. The molecule has 13 nitrogen and oxygen atoms in total. The summed E-state index contributed by atoms with van der Waals surface area (Å²) >= 11 is 0. The predicted octanol–water partition coefficient (Wildman–Crippen LogP) is 8.96. The van der Waals surface area contributed by atoms with Crippen LogP contribution in [0.3, 0.4) is 0 Å². The smallest absolute Gasteiger partial charge is 0.186 e. The van der Waals surface area contributed by atoms with Gasteiger partial charge in [0.2, 0.25) is 0 Å². The molecule has 0 aromatic carbocycles. The molecule has 0 aromatic rings. The molecule has 2 heterocycles. The standard InChI is InChI=1S/C55H108O13/c1-37(2)17-11-19-39(5)21-13-23-41(7)25-15-27-43(9)29-31-63-34-45(64-32-30-44(10)28-16-26-42(8)24-14-22-40(6)20-12-18-38(3)4)35-65-54-53(62)51(60)49(58)47(68-54)36-66-55-52(61)50(59)48(57)46(33-56)67-55/h37-62H,11-36H2,1-10H3/t39-,40-,41-,42-,43-,44-,45-,46-,47-,48+,49-,50+,51+,52-,53-,54-,55+/m1/s1. The number of aliphatic hydroxyl groups excluding tert-OH is 7. The van der Waals surface area contributed by atoms with Crippen LogP contribution in [0.25, 0.3) is 0 Å². The Morgan fingerprint density at radius 2 is 0.735 bits per heavy atom. The molecule has 0 spiro atoms. The highest BCUT2D eigenvalue weighted by Gasteiger charge is 2.47. The molecule has 0 aromatic heterocycles. The first kappa shape index (κ1) is 63.6. The summed E-state index contributed by atoms with van der Waals surface area (Å²) in [4.78, 5) is 0. The molecule has 2 fully saturated rings. The van der Waals surface area contributed by atoms with Crippen LogP contribution in [-0.4, -0.2) is 143 Å². The van der Waals surface area contributed by atoms with E-state index in [9.17, 15) is 35.7 Å². The highest BCUT2D eigenvalue weighted by molar-refractivity contribution is 4.92. The van der Waals surface area contributed by atoms with Crippen LogP contribution >= 0.6 is 0 Å². The van der Waals surface area contributed by atoms with Gasteiger partial charge in [-0.2, -0.15) is 0 Å². The number of rotatable bonds is 40. The van der Waals surface area contributed by atoms with Gasteiger partial charge in [-0.15, -0.1) is 0 Å². The van der Waals surface area contributed by atoms with Gasteiger partial charge in [0.25, 0.3) is 0 Å². The molecule has 406 valence electrons. The van der Waals surface area contributed by atoms with Gasteiger partial charge < -0.3 is 64.2 Å². The topological polar surface area (TPSA) is 197 Å². The number of hydrogen-bond acceptors (Lipinski definition) is 13. The minimum atomic E-state index is -1.65. The highest BCUT2D eigenvalue weighted by Crippen LogP contribution is 2.28. The maximum absolute atomic E-state index is 10.9. The third kappa shape index (κ3) is 27.0. The van der Waals surface area contributed by atoms with Crippen molar-refractivity contribution in [3.8, 4) is 0 Å². The van der Waals surface area contributed by atoms with E-state index in [0.717, 1.165) is 54.8 Å². The van der Waals surface area contributed by atoms with Crippen LogP contribution in [0.2, 0.25) is 0 Å². The van der Waals surface area contributed by atoms with Gasteiger partial charge in [0.1, 0.15) is 54.9 Å². The van der Waals surface area contributed by atoms with Gasteiger partial charge in [-0.25, -0.2) is 0 Å². The van der Waals surface area contributed by atoms with Crippen molar-refractivity contribution in [2.75, 3.05) is 39.6 Å². The van der Waals surface area contributed by atoms with E-state index in [4.69, 9.17) is 28.4 Å². The van der Waals surface area contributed by atoms with E-state index in [1.54, 1.807) is 0 Å². The molecule has 2 saturated heterocycles. The van der Waals surface area contributed by atoms with Crippen molar-refractivity contribution in [2.24, 2.45) is 47.3 Å². The van der Waals surface area contributed by atoms with Gasteiger partial charge in [0.05, 0.1) is 26.4 Å². The van der Waals surface area contributed by atoms with Gasteiger partial charge in [0.15, 0.2) is 12.6 Å². The van der Waals surface area contributed by atoms with E-state index in [0.29, 0.717) is 25.0 Å². The summed E-state index contributed by atoms with van der Waals surface area (Å²) < 4.78 is 35.5. The van der Waals surface area contributed by atoms with Crippen LogP contribution in [-0.2, 0) is 28.4 Å². The Morgan fingerprint density at radius 3 is 1.15 bits per heavy atom. The Kier molecular flexibility index (Phi) is 34.1. The molecule has 0 unspecified atom stereocenters. The average Bonchev–Trinajstić information content (AvgIpc) is 3.28. The SMILES string of the molecule is CC(C)CCC[C@@H](C)CCC[C@@H](C)CCC[C@@H](C)CCOC[C@H](CO[C@@H]1O[C@H](CO[C@H]2O[C@H](CO)[C@H](O)[C@H](O)[C@H]2O)[C@@H](O)[C@H](O)[C@H]1O)OCC[C@H](C)CCC[C@H](C)CCC[C@H](C)CCCC(C)C. The number of aliphatic hydroxyl groups is 7. The van der Waals surface area contributed by atoms with E-state index < -0.39 is 80.7 Å². The molecular weight excluding hydrogens is 869 g/mol. The van der Waals surface area contributed by atoms with E-state index in [1.165, 1.54) is 109 Å². The molecule has 0 bridgehead atoms. The van der Waals surface area contributed by atoms with E-state index in [-0.39, 0.29) is 13.2 Å². The normalized spacial score (nSPS) is 29.0. The first-order valence-corrected chi connectivity index (χ1v) is 27.7. The van der Waals surface area contributed by atoms with Crippen molar-refractivity contribution in [2.45, 2.75) is 265 Å². The van der Waals surface area contributed by atoms with Gasteiger partial charge >= 0.3 is 0 Å². The zero-order chi connectivity index (χ0) is 50.6. The van der Waals surface area contributed by atoms with Crippen LogP contribution in [0.4, 0.5) is 0 Å². The molecule has 17 atom stereocenters. The Hall–Kier alpha value is -0.520. The fourth-order valence-corrected chi connectivity index (χ4v) is 9.74. The van der Waals surface area contributed by atoms with Crippen molar-refractivity contribution >= 4 is 0 Å². The van der Waals surface area contributed by atoms with Crippen LogP contribution in [0.15, 0.2) is 0 Å². The highest BCUT2D eigenvalue weighted by atomic mass is 16.7. The largest absolute Gasteiger partial charge is 0.394 e. The molecule has 13 heteroatoms. The van der Waals surface area contributed by atoms with E-state index in [2.05, 4.69) is 69.2 Å². The van der Waals surface area contributed by atoms with Crippen LogP contribution in [0, 0.1) is 47.3 Å². The minimum absolute atomic E-state index is 0.00274. The lowest BCUT2D eigenvalue weighted by atomic mass is 9.91. The van der Waals surface area contributed by atoms with Crippen molar-refractivity contribution in [3.63, 3.8) is 0 Å². The summed E-state index contributed by atoms with van der Waals surface area (Å²) in [6.07, 6.45) is 9.68. The first-order valence-electron chi connectivity index (χ1n) is 27.7. The molecule has 0 aliphatic carbocycles. The number of hydrogen-bond donors (Lipinski definition) is 7. The van der Waals surface area contributed by atoms with E-state index in [1.807, 2.05) is 0 Å². The van der Waals surface area contributed by atoms with Crippen LogP contribution in [0.5, 0.6) is 0 Å². The predicted molar refractivity (Wildman–Crippen MR) is 270 cm³/mol. The lowest BCUT2D eigenvalue weighted by molar-refractivity contribution is -0.333. The monoisotopic (exact) mass is 977 g/mol. The maximum Gasteiger partial charge on any atom is 0.186 e. The maximum atomic E-state index is 10.9. The Balaban J connectivity index is 1.86. The molecule has 68 heavy (non-hydrogen) atoms. The molecule has 2 rings (SSSR count). The van der Waals surface area contributed by atoms with Gasteiger partial charge in [-0.05, 0) is 60.2 Å². The summed E-state index contributed by atoms with van der Waals surface area (Å²) in [6.45, 7) is 23.7. The summed E-state index contributed by atoms with van der Waals surface area (Å²) in [5.74, 6) is 5.74. The second-order valence-corrected chi connectivity index (χ2v) is 23.0. The van der Waals surface area contributed by atoms with E-state index >= 15 is 0 Å². The van der Waals surface area contributed by atoms with Gasteiger partial charge in [-0.1, -0.05) is 185 Å². The molecule has 7 N–H and O–H groups in total. The molecule has 0 saturated carbocycles. The Bertz CT molecular complexity index is 1190. The fourth-order valence-electron chi connectivity index (χ4n) is 9.74. The van der Waals surface area contributed by atoms with Crippen molar-refractivity contribution in [3.05, 3.63) is 0 Å². The summed E-state index contributed by atoms with van der Waals surface area (Å²) in [7, 11) is 0. The molecule has 0 radical (unpaired) electrons. The summed E-state index contributed by atoms with van der Waals surface area (Å²) in [6, 6.07) is 0. The molecular formula is C55H108O13. The van der Waals surface area contributed by atoms with Crippen LogP contribution < -0.4 is 0 Å². The molecule has 2 aliphatic heterocycles. The third-order valence-electron chi connectivity index (χ3n) is 14.9. The molecule has 0 amide bonds. The molecule has 2 aliphatic rings. The van der Waals surface area contributed by atoms with Crippen LogP contribution in [0.1, 0.15) is 198 Å². The third-order valence-corrected chi connectivity index (χ3v) is 14.9. The van der Waals surface area contributed by atoms with Gasteiger partial charge in [0, 0.05) is 13.2 Å². The minimum Gasteiger partial charge on any atom is -0.394 e. The number of ether oxygens (including phenoxy) is 6. The van der Waals surface area contributed by atoms with Crippen molar-refractivity contribution in [1.82, 2.24) is 0 Å². The second kappa shape index (κ2) is 36.4. The summed E-state index contributed by atoms with van der Waals surface area (Å²) in [5.41, 5.74) is 0. The van der Waals surface area contributed by atoms with Crippen molar-refractivity contribution < 1.29 is 64.2 Å². The Morgan fingerprint density at radius 1 is 0.382 bits per heavy atom. The Labute approximate surface area is 415 Å². The lowest BCUT2D eigenvalue weighted by Crippen LogP contribution is -2.61.